The number of carbonyl (C=O) groups is 1. The van der Waals surface area contributed by atoms with Gasteiger partial charge in [0.2, 0.25) is 0 Å². The number of amides is 1. The van der Waals surface area contributed by atoms with Crippen LogP contribution in [0.1, 0.15) is 26.5 Å². The molecule has 2 aromatic heterocycles. The number of nitrogen functional groups attached to an aromatic ring is 1. The topological polar surface area (TPSA) is 119 Å². The van der Waals surface area contributed by atoms with Gasteiger partial charge in [0.05, 0.1) is 11.1 Å². The molecule has 0 spiro atoms. The zero-order chi connectivity index (χ0) is 15.5. The highest BCUT2D eigenvalue weighted by Gasteiger charge is 2.15. The quantitative estimate of drug-likeness (QED) is 0.787. The van der Waals surface area contributed by atoms with Crippen LogP contribution in [0.2, 0.25) is 0 Å². The molecular weight excluding hydrogens is 272 g/mol. The average molecular weight is 290 g/mol. The van der Waals surface area contributed by atoms with E-state index >= 15 is 0 Å². The summed E-state index contributed by atoms with van der Waals surface area (Å²) in [5.41, 5.74) is 6.46. The Hall–Kier alpha value is -2.64. The molecule has 0 aliphatic rings. The number of hydrogen-bond acceptors (Lipinski definition) is 6. The summed E-state index contributed by atoms with van der Waals surface area (Å²) < 4.78 is 5.12. The lowest BCUT2D eigenvalue weighted by molar-refractivity contribution is 0.0534. The number of nitrogens with one attached hydrogen (secondary N) is 2. The average Bonchev–Trinajstić information content (AvgIpc) is 2.77. The fraction of sp³-hybridized carbons (Fsp3) is 0.385. The maximum Gasteiger partial charge on any atom is 0.407 e. The van der Waals surface area contributed by atoms with Gasteiger partial charge >= 0.3 is 6.09 Å². The third-order valence-corrected chi connectivity index (χ3v) is 2.46. The monoisotopic (exact) mass is 290 g/mol. The van der Waals surface area contributed by atoms with Crippen LogP contribution in [0.4, 0.5) is 10.6 Å². The predicted molar refractivity (Wildman–Crippen MR) is 79.4 cm³/mol. The molecule has 0 unspecified atom stereocenters. The fourth-order valence-electron chi connectivity index (χ4n) is 1.66. The molecule has 0 bridgehead atoms. The molecule has 0 radical (unpaired) electrons. The summed E-state index contributed by atoms with van der Waals surface area (Å²) in [7, 11) is 0. The van der Waals surface area contributed by atoms with Crippen molar-refractivity contribution in [2.24, 2.45) is 0 Å². The Morgan fingerprint density at radius 2 is 2.24 bits per heavy atom. The van der Waals surface area contributed by atoms with Crippen molar-refractivity contribution in [3.05, 3.63) is 18.1 Å². The Labute approximate surface area is 121 Å². The molecule has 0 saturated carbocycles. The number of alkyl carbamates (subject to hydrolysis) is 1. The smallest absolute Gasteiger partial charge is 0.407 e. The second-order valence-electron chi connectivity index (χ2n) is 5.38. The predicted octanol–water partition coefficient (Wildman–Crippen LogP) is 1.47. The highest BCUT2D eigenvalue weighted by molar-refractivity contribution is 5.92. The van der Waals surface area contributed by atoms with Crippen LogP contribution in [0, 0.1) is 0 Å². The van der Waals surface area contributed by atoms with Crippen LogP contribution in [0.25, 0.3) is 17.1 Å². The van der Waals surface area contributed by atoms with Crippen molar-refractivity contribution < 1.29 is 9.53 Å². The third kappa shape index (κ3) is 3.91. The van der Waals surface area contributed by atoms with Crippen LogP contribution in [-0.2, 0) is 4.74 Å². The molecule has 2 heterocycles. The van der Waals surface area contributed by atoms with E-state index in [2.05, 4.69) is 25.5 Å². The van der Waals surface area contributed by atoms with Crippen LogP contribution in [0.15, 0.2) is 12.4 Å². The highest BCUT2D eigenvalue weighted by atomic mass is 16.6. The number of nitrogens with two attached hydrogens (primary N) is 1. The molecule has 21 heavy (non-hydrogen) atoms. The van der Waals surface area contributed by atoms with Gasteiger partial charge in [-0.1, -0.05) is 6.08 Å². The molecule has 0 aliphatic heterocycles. The molecule has 0 saturated heterocycles. The van der Waals surface area contributed by atoms with Crippen molar-refractivity contribution in [3.63, 3.8) is 0 Å². The number of rotatable bonds is 3. The lowest BCUT2D eigenvalue weighted by atomic mass is 10.2. The van der Waals surface area contributed by atoms with Gasteiger partial charge in [0.25, 0.3) is 0 Å². The van der Waals surface area contributed by atoms with Gasteiger partial charge in [0.15, 0.2) is 5.65 Å². The van der Waals surface area contributed by atoms with E-state index in [0.717, 1.165) is 0 Å². The first-order chi connectivity index (χ1) is 9.87. The van der Waals surface area contributed by atoms with Gasteiger partial charge < -0.3 is 15.8 Å². The minimum Gasteiger partial charge on any atom is -0.444 e. The standard InChI is InChI=1S/C13H18N6O2/c1-13(2,3)21-12(20)15-6-4-5-8-9-10(14)16-7-17-11(9)19-18-8/h4-5,7H,6H2,1-3H3,(H,15,20)(H3,14,16,17,18,19). The number of ether oxygens (including phenoxy) is 1. The molecule has 8 heteroatoms. The van der Waals surface area contributed by atoms with Crippen LogP contribution in [-0.4, -0.2) is 38.4 Å². The lowest BCUT2D eigenvalue weighted by Gasteiger charge is -2.19. The summed E-state index contributed by atoms with van der Waals surface area (Å²) in [5, 5.41) is 10.1. The first kappa shape index (κ1) is 14.8. The number of anilines is 1. The number of fused-ring (bicyclic) bond motifs is 1. The Morgan fingerprint density at radius 3 is 2.95 bits per heavy atom. The largest absolute Gasteiger partial charge is 0.444 e. The van der Waals surface area contributed by atoms with Crippen molar-refractivity contribution in [2.45, 2.75) is 26.4 Å². The van der Waals surface area contributed by atoms with E-state index in [1.807, 2.05) is 20.8 Å². The Bertz CT molecular complexity index is 671. The number of aromatic amines is 1. The molecule has 0 aliphatic carbocycles. The zero-order valence-electron chi connectivity index (χ0n) is 12.2. The van der Waals surface area contributed by atoms with E-state index in [0.29, 0.717) is 29.1 Å². The van der Waals surface area contributed by atoms with Gasteiger partial charge in [-0.15, -0.1) is 0 Å². The summed E-state index contributed by atoms with van der Waals surface area (Å²) in [6.45, 7) is 5.74. The van der Waals surface area contributed by atoms with Crippen LogP contribution in [0.5, 0.6) is 0 Å². The van der Waals surface area contributed by atoms with Gasteiger partial charge in [-0.05, 0) is 26.8 Å². The van der Waals surface area contributed by atoms with E-state index in [1.54, 1.807) is 12.2 Å². The summed E-state index contributed by atoms with van der Waals surface area (Å²) in [4.78, 5) is 19.4. The number of aromatic nitrogens is 4. The molecule has 2 rings (SSSR count). The third-order valence-electron chi connectivity index (χ3n) is 2.46. The normalized spacial score (nSPS) is 12.0. The van der Waals surface area contributed by atoms with Crippen molar-refractivity contribution in [2.75, 3.05) is 12.3 Å². The minimum atomic E-state index is -0.515. The van der Waals surface area contributed by atoms with E-state index in [-0.39, 0.29) is 0 Å². The Balaban J connectivity index is 1.97. The van der Waals surface area contributed by atoms with Crippen LogP contribution >= 0.6 is 0 Å². The molecule has 2 aromatic rings. The molecule has 1 amide bonds. The van der Waals surface area contributed by atoms with E-state index in [9.17, 15) is 4.79 Å². The summed E-state index contributed by atoms with van der Waals surface area (Å²) >= 11 is 0. The molecule has 0 atom stereocenters. The number of hydrogen-bond donors (Lipinski definition) is 3. The van der Waals surface area contributed by atoms with Gasteiger partial charge in [-0.2, -0.15) is 5.10 Å². The second kappa shape index (κ2) is 5.78. The fourth-order valence-corrected chi connectivity index (χ4v) is 1.66. The van der Waals surface area contributed by atoms with Gasteiger partial charge in [0.1, 0.15) is 17.7 Å². The number of carbonyl (C=O) groups excluding carboxylic acids is 1. The van der Waals surface area contributed by atoms with E-state index < -0.39 is 11.7 Å². The minimum absolute atomic E-state index is 0.322. The molecular formula is C13H18N6O2. The van der Waals surface area contributed by atoms with Crippen molar-refractivity contribution in [1.82, 2.24) is 25.5 Å². The van der Waals surface area contributed by atoms with Crippen molar-refractivity contribution in [1.29, 1.82) is 0 Å². The van der Waals surface area contributed by atoms with Gasteiger partial charge in [-0.3, -0.25) is 5.10 Å². The summed E-state index contributed by atoms with van der Waals surface area (Å²) in [6, 6.07) is 0. The number of H-pyrrole nitrogens is 1. The Kier molecular flexibility index (Phi) is 4.06. The maximum absolute atomic E-state index is 11.5. The van der Waals surface area contributed by atoms with Crippen LogP contribution in [0.3, 0.4) is 0 Å². The first-order valence-corrected chi connectivity index (χ1v) is 6.45. The van der Waals surface area contributed by atoms with E-state index in [4.69, 9.17) is 10.5 Å². The molecule has 0 fully saturated rings. The first-order valence-electron chi connectivity index (χ1n) is 6.45. The summed E-state index contributed by atoms with van der Waals surface area (Å²) in [5.74, 6) is 0.355. The van der Waals surface area contributed by atoms with Gasteiger partial charge in [-0.25, -0.2) is 14.8 Å². The Morgan fingerprint density at radius 1 is 1.48 bits per heavy atom. The molecule has 4 N–H and O–H groups in total. The van der Waals surface area contributed by atoms with Crippen molar-refractivity contribution in [3.8, 4) is 0 Å². The highest BCUT2D eigenvalue weighted by Crippen LogP contribution is 2.19. The van der Waals surface area contributed by atoms with Crippen LogP contribution < -0.4 is 11.1 Å². The number of nitrogens with zero attached hydrogens (tertiary/aromatic N) is 3. The summed E-state index contributed by atoms with van der Waals surface area (Å²) in [6.07, 6.45) is 4.40. The zero-order valence-corrected chi connectivity index (χ0v) is 12.2. The van der Waals surface area contributed by atoms with Gasteiger partial charge in [0, 0.05) is 6.54 Å². The lowest BCUT2D eigenvalue weighted by Crippen LogP contribution is -2.32. The SMILES string of the molecule is CC(C)(C)OC(=O)NCC=Cc1[nH]nc2ncnc(N)c12. The molecule has 0 aromatic carbocycles. The maximum atomic E-state index is 11.5. The second-order valence-corrected chi connectivity index (χ2v) is 5.38. The molecule has 8 nitrogen and oxygen atoms in total. The molecule has 112 valence electrons. The van der Waals surface area contributed by atoms with E-state index in [1.165, 1.54) is 6.33 Å². The van der Waals surface area contributed by atoms with Crippen molar-refractivity contribution >= 4 is 29.0 Å².